The highest BCUT2D eigenvalue weighted by molar-refractivity contribution is 7.61. The molecule has 2 fully saturated rings. The first kappa shape index (κ1) is 67.4. The average Bonchev–Trinajstić information content (AvgIpc) is 3.36. The molecule has 1 aromatic rings. The minimum Gasteiger partial charge on any atom is -0.462 e. The molecule has 1 aromatic heterocycles. The Balaban J connectivity index is 1.71. The topological polar surface area (TPSA) is 323 Å². The van der Waals surface area contributed by atoms with Crippen molar-refractivity contribution < 1.29 is 81.3 Å². The van der Waals surface area contributed by atoms with Crippen LogP contribution in [0.3, 0.4) is 0 Å². The minimum absolute atomic E-state index is 0.00719. The largest absolute Gasteiger partial charge is 0.481 e. The summed E-state index contributed by atoms with van der Waals surface area (Å²) >= 11 is 0. The van der Waals surface area contributed by atoms with Gasteiger partial charge in [-0.1, -0.05) is 168 Å². The van der Waals surface area contributed by atoms with Crippen molar-refractivity contribution in [2.24, 2.45) is 17.8 Å². The Morgan fingerprint density at radius 3 is 2.03 bits per heavy atom. The van der Waals surface area contributed by atoms with Crippen molar-refractivity contribution in [3.8, 4) is 0 Å². The third-order valence-electron chi connectivity index (χ3n) is 14.3. The number of carbonyl (C=O) groups excluding carboxylic acids is 3. The number of hydrogen-bond donors (Lipinski definition) is 7. The zero-order valence-electron chi connectivity index (χ0n) is 45.5. The Kier molecular flexibility index (Phi) is 32.9. The molecule has 3 unspecified atom stereocenters. The molecular formula is C53H93N3O18P2. The van der Waals surface area contributed by atoms with E-state index in [9.17, 15) is 58.5 Å². The van der Waals surface area contributed by atoms with Crippen molar-refractivity contribution in [1.29, 1.82) is 0 Å². The van der Waals surface area contributed by atoms with Crippen molar-refractivity contribution >= 4 is 39.2 Å². The lowest BCUT2D eigenvalue weighted by atomic mass is 9.83. The van der Waals surface area contributed by atoms with E-state index in [2.05, 4.69) is 23.1 Å². The summed E-state index contributed by atoms with van der Waals surface area (Å²) in [6.45, 7) is 3.85. The molecule has 0 aliphatic carbocycles. The van der Waals surface area contributed by atoms with Crippen LogP contribution in [-0.2, 0) is 51.1 Å². The van der Waals surface area contributed by atoms with Crippen LogP contribution in [0, 0.1) is 17.8 Å². The number of ether oxygens (including phenoxy) is 3. The average molecular weight is 1120 g/mol. The molecule has 3 heterocycles. The quantitative estimate of drug-likeness (QED) is 0.0197. The van der Waals surface area contributed by atoms with Crippen LogP contribution in [0.4, 0.5) is 5.82 Å². The number of aliphatic hydroxyl groups excluding tert-OH is 4. The summed E-state index contributed by atoms with van der Waals surface area (Å²) in [7, 11) is -11.3. The molecule has 0 saturated carbocycles. The van der Waals surface area contributed by atoms with Gasteiger partial charge in [0.15, 0.2) is 6.10 Å². The number of ketones is 1. The molecule has 76 heavy (non-hydrogen) atoms. The maximum Gasteiger partial charge on any atom is 0.481 e. The van der Waals surface area contributed by atoms with Crippen molar-refractivity contribution in [2.45, 2.75) is 243 Å². The van der Waals surface area contributed by atoms with Gasteiger partial charge in [0, 0.05) is 31.4 Å². The number of rotatable bonds is 26. The number of esters is 2. The maximum absolute atomic E-state index is 14.0. The summed E-state index contributed by atoms with van der Waals surface area (Å²) in [6.07, 6.45) is 13.9. The minimum atomic E-state index is -5.71. The van der Waals surface area contributed by atoms with Crippen LogP contribution < -0.4 is 11.4 Å². The number of aliphatic hydroxyl groups is 4. The molecule has 2 aliphatic rings. The van der Waals surface area contributed by atoms with Gasteiger partial charge in [0.05, 0.1) is 37.4 Å². The fourth-order valence-corrected chi connectivity index (χ4v) is 11.5. The highest BCUT2D eigenvalue weighted by Crippen LogP contribution is 2.60. The van der Waals surface area contributed by atoms with E-state index in [1.807, 2.05) is 6.92 Å². The second-order valence-corrected chi connectivity index (χ2v) is 23.9. The first-order valence-corrected chi connectivity index (χ1v) is 31.2. The molecule has 0 aromatic carbocycles. The van der Waals surface area contributed by atoms with E-state index in [1.165, 1.54) is 95.0 Å². The monoisotopic (exact) mass is 1120 g/mol. The van der Waals surface area contributed by atoms with Gasteiger partial charge in [0.2, 0.25) is 0 Å². The number of anilines is 1. The molecule has 2 aliphatic heterocycles. The molecule has 438 valence electrons. The number of hydrogen-bond acceptors (Lipinski definition) is 18. The Morgan fingerprint density at radius 1 is 0.816 bits per heavy atom. The van der Waals surface area contributed by atoms with Crippen molar-refractivity contribution in [3.05, 3.63) is 34.9 Å². The number of phosphoric acid groups is 2. The standard InChI is InChI=1S/C53H93N3O18P2/c1-4-6-21-27-40(57)31-32-42-44(58)35-45(59)43-28-23-19-20-24-29-48(60)69-36-41(72-49(61)30-25-18-16-14-12-10-8-7-9-11-13-15-17-22-26-39(3)5-2)37-70-75(65,66)74-76(67,68)71-38-46(51(63)50(42)62)73-52(43)56-34-33-47(54)55-53(56)64/h31-34,39-43,45-46,50-52,57,59,62-63H,4-30,35-38H2,1-3H3,(H,65,66)(H,67,68)(H2,54,55,64)/b32-31+/t39?,40-,41+,42-,43-,45-,46+,50-,51+,52+/m0/s1. The first-order valence-electron chi connectivity index (χ1n) is 28.2. The van der Waals surface area contributed by atoms with Gasteiger partial charge in [0.25, 0.3) is 0 Å². The summed E-state index contributed by atoms with van der Waals surface area (Å²) in [5.41, 5.74) is 4.79. The summed E-state index contributed by atoms with van der Waals surface area (Å²) in [5.74, 6) is -4.20. The molecule has 2 saturated heterocycles. The number of cyclic esters (lactones) is 1. The lowest BCUT2D eigenvalue weighted by Crippen LogP contribution is -2.51. The Morgan fingerprint density at radius 2 is 1.41 bits per heavy atom. The van der Waals surface area contributed by atoms with Gasteiger partial charge in [-0.2, -0.15) is 9.29 Å². The number of nitrogens with two attached hydrogens (primary N) is 1. The number of fused-ring (bicyclic) bond motifs is 3. The second-order valence-electron chi connectivity index (χ2n) is 20.8. The summed E-state index contributed by atoms with van der Waals surface area (Å²) in [5, 5.41) is 45.8. The molecular weight excluding hydrogens is 1030 g/mol. The molecule has 23 heteroatoms. The SMILES string of the molecule is CCCCC[C@H](O)/C=C/[C@H]1C(=O)C[C@H](O)[C@@H]2CCCCCCC(=O)OC[C@@H](OC(=O)CCCCCCCCCCCCCCCCC(C)CC)COP(=O)(O)OP(=O)(O)OC[C@@H](O[C@H]2n2ccc(N)nc2=O)[C@@H](O)[C@H]1O. The molecule has 0 spiro atoms. The summed E-state index contributed by atoms with van der Waals surface area (Å²) in [4.78, 5) is 78.4. The van der Waals surface area contributed by atoms with E-state index >= 15 is 0 Å². The molecule has 21 nitrogen and oxygen atoms in total. The molecule has 2 bridgehead atoms. The zero-order valence-corrected chi connectivity index (χ0v) is 47.2. The van der Waals surface area contributed by atoms with Gasteiger partial charge in [-0.05, 0) is 37.7 Å². The van der Waals surface area contributed by atoms with E-state index in [0.29, 0.717) is 44.9 Å². The third-order valence-corrected chi connectivity index (χ3v) is 16.9. The van der Waals surface area contributed by atoms with Gasteiger partial charge in [0.1, 0.15) is 36.6 Å². The van der Waals surface area contributed by atoms with Crippen LogP contribution in [0.25, 0.3) is 0 Å². The Hall–Kier alpha value is -2.91. The van der Waals surface area contributed by atoms with Crippen molar-refractivity contribution in [2.75, 3.05) is 25.6 Å². The third kappa shape index (κ3) is 27.3. The van der Waals surface area contributed by atoms with Gasteiger partial charge in [-0.15, -0.1) is 0 Å². The van der Waals surface area contributed by atoms with Crippen LogP contribution in [0.5, 0.6) is 0 Å². The lowest BCUT2D eigenvalue weighted by molar-refractivity contribution is -0.188. The van der Waals surface area contributed by atoms with Gasteiger partial charge in [-0.3, -0.25) is 28.0 Å². The number of phosphoric ester groups is 2. The van der Waals surface area contributed by atoms with Crippen LogP contribution in [-0.4, -0.2) is 114 Å². The van der Waals surface area contributed by atoms with Crippen LogP contribution in [0.2, 0.25) is 0 Å². The highest BCUT2D eigenvalue weighted by Gasteiger charge is 2.45. The number of aromatic nitrogens is 2. The van der Waals surface area contributed by atoms with Gasteiger partial charge in [-0.25, -0.2) is 13.9 Å². The van der Waals surface area contributed by atoms with Gasteiger partial charge < -0.3 is 50.2 Å². The first-order chi connectivity index (χ1) is 36.3. The summed E-state index contributed by atoms with van der Waals surface area (Å²) < 4.78 is 59.2. The lowest BCUT2D eigenvalue weighted by Gasteiger charge is -2.39. The number of carbonyl (C=O) groups is 3. The normalized spacial score (nSPS) is 29.1. The van der Waals surface area contributed by atoms with Crippen molar-refractivity contribution in [3.63, 3.8) is 0 Å². The Bertz CT molecular complexity index is 2010. The fourth-order valence-electron chi connectivity index (χ4n) is 9.43. The van der Waals surface area contributed by atoms with E-state index in [4.69, 9.17) is 29.0 Å². The fraction of sp³-hybridized carbons (Fsp3) is 0.830. The zero-order chi connectivity index (χ0) is 55.9. The molecule has 0 amide bonds. The number of nitrogens with zero attached hydrogens (tertiary/aromatic N) is 2. The molecule has 8 N–H and O–H groups in total. The highest BCUT2D eigenvalue weighted by atomic mass is 31.3. The van der Waals surface area contributed by atoms with E-state index < -0.39 is 120 Å². The van der Waals surface area contributed by atoms with Gasteiger partial charge >= 0.3 is 33.3 Å². The Labute approximate surface area is 450 Å². The molecule has 3 rings (SSSR count). The predicted molar refractivity (Wildman–Crippen MR) is 285 cm³/mol. The van der Waals surface area contributed by atoms with Crippen LogP contribution in [0.15, 0.2) is 29.2 Å². The predicted octanol–water partition coefficient (Wildman–Crippen LogP) is 8.84. The molecule has 0 radical (unpaired) electrons. The van der Waals surface area contributed by atoms with E-state index in [-0.39, 0.29) is 25.1 Å². The van der Waals surface area contributed by atoms with E-state index in [1.54, 1.807) is 0 Å². The smallest absolute Gasteiger partial charge is 0.462 e. The maximum atomic E-state index is 14.0. The number of unbranched alkanes of at least 4 members (excludes halogenated alkanes) is 15. The van der Waals surface area contributed by atoms with Crippen LogP contribution >= 0.6 is 15.6 Å². The molecule has 12 atom stereocenters. The summed E-state index contributed by atoms with van der Waals surface area (Å²) in [6, 6.07) is 1.25. The second kappa shape index (κ2) is 37.1. The van der Waals surface area contributed by atoms with E-state index in [0.717, 1.165) is 49.0 Å². The number of Topliss-reactive ketones (excluding diaryl/α,β-unsaturated/α-hetero) is 1. The van der Waals surface area contributed by atoms with Crippen LogP contribution in [0.1, 0.15) is 207 Å². The van der Waals surface area contributed by atoms with Crippen molar-refractivity contribution in [1.82, 2.24) is 9.55 Å². The number of nitrogen functional groups attached to an aromatic ring is 1.